The van der Waals surface area contributed by atoms with Gasteiger partial charge in [-0.2, -0.15) is 0 Å². The summed E-state index contributed by atoms with van der Waals surface area (Å²) in [5.74, 6) is 0. The van der Waals surface area contributed by atoms with E-state index >= 15 is 0 Å². The first-order valence-electron chi connectivity index (χ1n) is 6.73. The van der Waals surface area contributed by atoms with Gasteiger partial charge in [0.1, 0.15) is 0 Å². The van der Waals surface area contributed by atoms with E-state index in [-0.39, 0.29) is 17.8 Å². The molecule has 2 rings (SSSR count). The second-order valence-corrected chi connectivity index (χ2v) is 5.12. The Balaban J connectivity index is 2.03. The molecule has 0 aliphatic carbocycles. The van der Waals surface area contributed by atoms with Crippen molar-refractivity contribution in [3.8, 4) is 0 Å². The van der Waals surface area contributed by atoms with E-state index in [9.17, 15) is 4.79 Å². The Morgan fingerprint density at radius 1 is 1.44 bits per heavy atom. The Bertz CT molecular complexity index is 436. The standard InChI is InChI=1S/C13H23N3O2/c1-4-14-7-8-18-12(9-14)10-15-5-6-16(11(2)3)13(15)17/h5-6,11-12H,4,7-10H2,1-3H3. The SMILES string of the molecule is CCN1CCOC(Cn2ccn(C(C)C)c2=O)C1. The molecule has 5 heteroatoms. The number of aromatic nitrogens is 2. The van der Waals surface area contributed by atoms with Crippen molar-refractivity contribution < 1.29 is 4.74 Å². The van der Waals surface area contributed by atoms with Crippen LogP contribution in [0.1, 0.15) is 26.8 Å². The zero-order valence-electron chi connectivity index (χ0n) is 11.5. The Morgan fingerprint density at radius 3 is 2.83 bits per heavy atom. The summed E-state index contributed by atoms with van der Waals surface area (Å²) in [5.41, 5.74) is 0.0576. The van der Waals surface area contributed by atoms with Crippen molar-refractivity contribution in [2.75, 3.05) is 26.2 Å². The number of hydrogen-bond acceptors (Lipinski definition) is 3. The molecule has 102 valence electrons. The molecule has 1 saturated heterocycles. The molecule has 1 atom stereocenters. The third-order valence-corrected chi connectivity index (χ3v) is 3.50. The van der Waals surface area contributed by atoms with Gasteiger partial charge in [0, 0.05) is 31.5 Å². The van der Waals surface area contributed by atoms with Gasteiger partial charge in [-0.3, -0.25) is 14.0 Å². The molecule has 5 nitrogen and oxygen atoms in total. The summed E-state index contributed by atoms with van der Waals surface area (Å²) in [4.78, 5) is 14.5. The third kappa shape index (κ3) is 2.84. The summed E-state index contributed by atoms with van der Waals surface area (Å²) < 4.78 is 9.23. The minimum absolute atomic E-state index is 0.0576. The summed E-state index contributed by atoms with van der Waals surface area (Å²) in [6.45, 7) is 10.5. The first-order chi connectivity index (χ1) is 8.61. The molecule has 0 saturated carbocycles. The molecule has 1 aliphatic heterocycles. The van der Waals surface area contributed by atoms with Crippen LogP contribution in [-0.4, -0.2) is 46.4 Å². The molecule has 1 aliphatic rings. The Kier molecular flexibility index (Phi) is 4.24. The molecule has 18 heavy (non-hydrogen) atoms. The summed E-state index contributed by atoms with van der Waals surface area (Å²) >= 11 is 0. The maximum absolute atomic E-state index is 12.1. The van der Waals surface area contributed by atoms with Crippen LogP contribution in [0.2, 0.25) is 0 Å². The largest absolute Gasteiger partial charge is 0.374 e. The lowest BCUT2D eigenvalue weighted by Gasteiger charge is -2.32. The van der Waals surface area contributed by atoms with Crippen LogP contribution in [0.25, 0.3) is 0 Å². The molecule has 0 aromatic carbocycles. The summed E-state index contributed by atoms with van der Waals surface area (Å²) in [6.07, 6.45) is 3.84. The average Bonchev–Trinajstić information content (AvgIpc) is 2.71. The fourth-order valence-corrected chi connectivity index (χ4v) is 2.36. The minimum Gasteiger partial charge on any atom is -0.374 e. The average molecular weight is 253 g/mol. The van der Waals surface area contributed by atoms with Crippen LogP contribution in [0.4, 0.5) is 0 Å². The van der Waals surface area contributed by atoms with E-state index in [1.54, 1.807) is 9.13 Å². The van der Waals surface area contributed by atoms with Crippen LogP contribution in [0.3, 0.4) is 0 Å². The number of rotatable bonds is 4. The predicted octanol–water partition coefficient (Wildman–Crippen LogP) is 0.951. The second-order valence-electron chi connectivity index (χ2n) is 5.12. The number of ether oxygens (including phenoxy) is 1. The predicted molar refractivity (Wildman–Crippen MR) is 70.9 cm³/mol. The summed E-state index contributed by atoms with van der Waals surface area (Å²) in [5, 5.41) is 0. The van der Waals surface area contributed by atoms with Crippen molar-refractivity contribution in [2.45, 2.75) is 39.5 Å². The highest BCUT2D eigenvalue weighted by molar-refractivity contribution is 4.85. The molecular formula is C13H23N3O2. The van der Waals surface area contributed by atoms with Gasteiger partial charge in [-0.25, -0.2) is 4.79 Å². The maximum atomic E-state index is 12.1. The fraction of sp³-hybridized carbons (Fsp3) is 0.769. The molecule has 2 heterocycles. The highest BCUT2D eigenvalue weighted by atomic mass is 16.5. The van der Waals surface area contributed by atoms with Gasteiger partial charge < -0.3 is 4.74 Å². The van der Waals surface area contributed by atoms with Crippen LogP contribution in [0, 0.1) is 0 Å². The third-order valence-electron chi connectivity index (χ3n) is 3.50. The van der Waals surface area contributed by atoms with Gasteiger partial charge in [-0.15, -0.1) is 0 Å². The molecular weight excluding hydrogens is 230 g/mol. The van der Waals surface area contributed by atoms with E-state index in [2.05, 4.69) is 11.8 Å². The number of likely N-dealkylation sites (N-methyl/N-ethyl adjacent to an activating group) is 1. The van der Waals surface area contributed by atoms with E-state index in [0.717, 1.165) is 26.2 Å². The van der Waals surface area contributed by atoms with Gasteiger partial charge in [0.25, 0.3) is 0 Å². The summed E-state index contributed by atoms with van der Waals surface area (Å²) in [6, 6.07) is 0.207. The van der Waals surface area contributed by atoms with Crippen molar-refractivity contribution >= 4 is 0 Å². The zero-order chi connectivity index (χ0) is 13.1. The monoisotopic (exact) mass is 253 g/mol. The normalized spacial score (nSPS) is 21.7. The lowest BCUT2D eigenvalue weighted by atomic mass is 10.2. The Hall–Kier alpha value is -1.07. The highest BCUT2D eigenvalue weighted by Crippen LogP contribution is 2.07. The van der Waals surface area contributed by atoms with E-state index in [0.29, 0.717) is 6.54 Å². The van der Waals surface area contributed by atoms with E-state index in [1.165, 1.54) is 0 Å². The van der Waals surface area contributed by atoms with Crippen molar-refractivity contribution in [1.82, 2.24) is 14.0 Å². The summed E-state index contributed by atoms with van der Waals surface area (Å²) in [7, 11) is 0. The van der Waals surface area contributed by atoms with Crippen LogP contribution in [0.5, 0.6) is 0 Å². The van der Waals surface area contributed by atoms with Crippen LogP contribution in [-0.2, 0) is 11.3 Å². The second kappa shape index (κ2) is 5.71. The molecule has 1 fully saturated rings. The fourth-order valence-electron chi connectivity index (χ4n) is 2.36. The lowest BCUT2D eigenvalue weighted by Crippen LogP contribution is -2.45. The van der Waals surface area contributed by atoms with Crippen LogP contribution < -0.4 is 5.69 Å². The number of morpholine rings is 1. The molecule has 0 amide bonds. The number of hydrogen-bond donors (Lipinski definition) is 0. The Labute approximate surface area is 108 Å². The number of imidazole rings is 1. The van der Waals surface area contributed by atoms with Gasteiger partial charge in [0.2, 0.25) is 0 Å². The minimum atomic E-state index is 0.0576. The molecule has 0 spiro atoms. The first kappa shape index (κ1) is 13.4. The van der Waals surface area contributed by atoms with E-state index < -0.39 is 0 Å². The highest BCUT2D eigenvalue weighted by Gasteiger charge is 2.20. The van der Waals surface area contributed by atoms with Gasteiger partial charge in [0.15, 0.2) is 0 Å². The van der Waals surface area contributed by atoms with Gasteiger partial charge in [-0.1, -0.05) is 6.92 Å². The first-order valence-corrected chi connectivity index (χ1v) is 6.73. The van der Waals surface area contributed by atoms with E-state index in [4.69, 9.17) is 4.74 Å². The molecule has 1 aromatic rings. The van der Waals surface area contributed by atoms with Gasteiger partial charge >= 0.3 is 5.69 Å². The van der Waals surface area contributed by atoms with Gasteiger partial charge in [0.05, 0.1) is 19.3 Å². The Morgan fingerprint density at radius 2 is 2.22 bits per heavy atom. The maximum Gasteiger partial charge on any atom is 0.328 e. The lowest BCUT2D eigenvalue weighted by molar-refractivity contribution is -0.0347. The van der Waals surface area contributed by atoms with E-state index in [1.807, 2.05) is 26.2 Å². The molecule has 0 bridgehead atoms. The molecule has 1 aromatic heterocycles. The van der Waals surface area contributed by atoms with Crippen LogP contribution >= 0.6 is 0 Å². The topological polar surface area (TPSA) is 39.4 Å². The van der Waals surface area contributed by atoms with Crippen molar-refractivity contribution in [1.29, 1.82) is 0 Å². The molecule has 0 N–H and O–H groups in total. The smallest absolute Gasteiger partial charge is 0.328 e. The van der Waals surface area contributed by atoms with Crippen molar-refractivity contribution in [3.05, 3.63) is 22.9 Å². The number of nitrogens with zero attached hydrogens (tertiary/aromatic N) is 3. The molecule has 1 unspecified atom stereocenters. The molecule has 0 radical (unpaired) electrons. The van der Waals surface area contributed by atoms with Crippen molar-refractivity contribution in [2.24, 2.45) is 0 Å². The zero-order valence-corrected chi connectivity index (χ0v) is 11.5. The quantitative estimate of drug-likeness (QED) is 0.802. The van der Waals surface area contributed by atoms with Crippen molar-refractivity contribution in [3.63, 3.8) is 0 Å². The van der Waals surface area contributed by atoms with Crippen LogP contribution in [0.15, 0.2) is 17.2 Å². The van der Waals surface area contributed by atoms with Gasteiger partial charge in [-0.05, 0) is 20.4 Å².